The van der Waals surface area contributed by atoms with Crippen molar-refractivity contribution < 1.29 is 14.3 Å². The number of likely N-dealkylation sites (N-methyl/N-ethyl adjacent to an activating group) is 1. The van der Waals surface area contributed by atoms with Crippen molar-refractivity contribution in [1.82, 2.24) is 4.90 Å². The van der Waals surface area contributed by atoms with Gasteiger partial charge in [-0.25, -0.2) is 0 Å². The first-order valence-corrected chi connectivity index (χ1v) is 10.6. The third kappa shape index (κ3) is 6.30. The van der Waals surface area contributed by atoms with Gasteiger partial charge in [-0.15, -0.1) is 0 Å². The lowest BCUT2D eigenvalue weighted by molar-refractivity contribution is -0.133. The van der Waals surface area contributed by atoms with Crippen molar-refractivity contribution in [1.29, 1.82) is 0 Å². The van der Waals surface area contributed by atoms with Crippen LogP contribution in [0.15, 0.2) is 53.0 Å². The number of morpholine rings is 1. The summed E-state index contributed by atoms with van der Waals surface area (Å²) in [7, 11) is 0. The van der Waals surface area contributed by atoms with Crippen LogP contribution >= 0.6 is 15.9 Å². The van der Waals surface area contributed by atoms with Crippen molar-refractivity contribution in [2.24, 2.45) is 0 Å². The van der Waals surface area contributed by atoms with Crippen LogP contribution in [0.5, 0.6) is 0 Å². The summed E-state index contributed by atoms with van der Waals surface area (Å²) in [5.41, 5.74) is 2.77. The molecule has 1 aliphatic rings. The van der Waals surface area contributed by atoms with E-state index in [1.807, 2.05) is 55.5 Å². The second kappa shape index (κ2) is 10.4. The summed E-state index contributed by atoms with van der Waals surface area (Å²) in [6.07, 6.45) is 0.280. The molecule has 0 spiro atoms. The fourth-order valence-electron chi connectivity index (χ4n) is 3.22. The van der Waals surface area contributed by atoms with Crippen LogP contribution in [0.3, 0.4) is 0 Å². The summed E-state index contributed by atoms with van der Waals surface area (Å²) in [5.74, 6) is -0.261. The molecule has 0 atom stereocenters. The van der Waals surface area contributed by atoms with Crippen LogP contribution in [0, 0.1) is 0 Å². The third-order valence-corrected chi connectivity index (χ3v) is 5.39. The lowest BCUT2D eigenvalue weighted by atomic mass is 10.1. The molecule has 0 saturated carbocycles. The van der Waals surface area contributed by atoms with Crippen LogP contribution in [-0.4, -0.2) is 56.1 Å². The number of benzene rings is 2. The number of ether oxygens (including phenoxy) is 1. The number of hydrogen-bond acceptors (Lipinski definition) is 4. The zero-order valence-corrected chi connectivity index (χ0v) is 18.2. The number of halogens is 1. The highest BCUT2D eigenvalue weighted by Gasteiger charge is 2.16. The highest BCUT2D eigenvalue weighted by Crippen LogP contribution is 2.19. The second-order valence-electron chi connectivity index (χ2n) is 6.91. The van der Waals surface area contributed by atoms with E-state index in [9.17, 15) is 9.59 Å². The van der Waals surface area contributed by atoms with E-state index in [0.29, 0.717) is 6.54 Å². The van der Waals surface area contributed by atoms with Crippen LogP contribution in [0.25, 0.3) is 0 Å². The number of anilines is 2. The van der Waals surface area contributed by atoms with E-state index in [4.69, 9.17) is 4.74 Å². The van der Waals surface area contributed by atoms with Gasteiger partial charge in [-0.1, -0.05) is 28.1 Å². The molecule has 1 saturated heterocycles. The summed E-state index contributed by atoms with van der Waals surface area (Å²) in [4.78, 5) is 28.8. The Labute approximate surface area is 180 Å². The Morgan fingerprint density at radius 1 is 1.07 bits per heavy atom. The van der Waals surface area contributed by atoms with Gasteiger partial charge in [0.1, 0.15) is 0 Å². The molecule has 1 fully saturated rings. The molecular weight excluding hydrogens is 434 g/mol. The second-order valence-corrected chi connectivity index (χ2v) is 7.82. The van der Waals surface area contributed by atoms with Crippen LogP contribution in [0.1, 0.15) is 12.5 Å². The molecular formula is C22H26BrN3O3. The van der Waals surface area contributed by atoms with Crippen LogP contribution < -0.4 is 10.2 Å². The fraction of sp³-hybridized carbons (Fsp3) is 0.364. The molecule has 3 rings (SSSR count). The molecule has 2 aromatic rings. The van der Waals surface area contributed by atoms with Crippen molar-refractivity contribution in [2.75, 3.05) is 49.6 Å². The SMILES string of the molecule is CCN(CC(=O)Nc1ccc(N2CCOCC2)cc1)C(=O)Cc1ccc(Br)cc1. The molecule has 6 nitrogen and oxygen atoms in total. The van der Waals surface area contributed by atoms with Crippen molar-refractivity contribution in [3.63, 3.8) is 0 Å². The first-order valence-electron chi connectivity index (χ1n) is 9.80. The Kier molecular flexibility index (Phi) is 7.66. The molecule has 0 aromatic heterocycles. The maximum absolute atomic E-state index is 12.6. The topological polar surface area (TPSA) is 61.9 Å². The highest BCUT2D eigenvalue weighted by molar-refractivity contribution is 9.10. The molecule has 0 unspecified atom stereocenters. The number of carbonyl (C=O) groups excluding carboxylic acids is 2. The molecule has 7 heteroatoms. The average Bonchev–Trinajstić information content (AvgIpc) is 2.74. The number of rotatable bonds is 7. The van der Waals surface area contributed by atoms with Crippen molar-refractivity contribution in [2.45, 2.75) is 13.3 Å². The van der Waals surface area contributed by atoms with Gasteiger partial charge in [0.15, 0.2) is 0 Å². The van der Waals surface area contributed by atoms with Gasteiger partial charge in [0.2, 0.25) is 11.8 Å². The Hall–Kier alpha value is -2.38. The van der Waals surface area contributed by atoms with Gasteiger partial charge in [-0.3, -0.25) is 9.59 Å². The molecule has 1 N–H and O–H groups in total. The average molecular weight is 460 g/mol. The summed E-state index contributed by atoms with van der Waals surface area (Å²) in [5, 5.41) is 2.88. The summed E-state index contributed by atoms with van der Waals surface area (Å²) in [6, 6.07) is 15.4. The maximum Gasteiger partial charge on any atom is 0.243 e. The Balaban J connectivity index is 1.52. The number of amides is 2. The minimum absolute atomic E-state index is 0.0388. The molecule has 2 amide bonds. The van der Waals surface area contributed by atoms with Crippen LogP contribution in [-0.2, 0) is 20.7 Å². The molecule has 2 aromatic carbocycles. The zero-order chi connectivity index (χ0) is 20.6. The summed E-state index contributed by atoms with van der Waals surface area (Å²) < 4.78 is 6.35. The van der Waals surface area contributed by atoms with Gasteiger partial charge in [0, 0.05) is 35.5 Å². The van der Waals surface area contributed by atoms with Crippen LogP contribution in [0.4, 0.5) is 11.4 Å². The monoisotopic (exact) mass is 459 g/mol. The van der Waals surface area contributed by atoms with Crippen molar-refractivity contribution in [3.05, 3.63) is 58.6 Å². The van der Waals surface area contributed by atoms with Gasteiger partial charge >= 0.3 is 0 Å². The first-order chi connectivity index (χ1) is 14.0. The lowest BCUT2D eigenvalue weighted by Crippen LogP contribution is -2.38. The molecule has 154 valence electrons. The van der Waals surface area contributed by atoms with Gasteiger partial charge < -0.3 is 19.9 Å². The van der Waals surface area contributed by atoms with E-state index >= 15 is 0 Å². The quantitative estimate of drug-likeness (QED) is 0.689. The number of nitrogens with zero attached hydrogens (tertiary/aromatic N) is 2. The van der Waals surface area contributed by atoms with Crippen molar-refractivity contribution in [3.8, 4) is 0 Å². The van der Waals surface area contributed by atoms with Gasteiger partial charge in [0.05, 0.1) is 26.2 Å². The van der Waals surface area contributed by atoms with E-state index in [0.717, 1.165) is 47.7 Å². The van der Waals surface area contributed by atoms with E-state index < -0.39 is 0 Å². The van der Waals surface area contributed by atoms with E-state index in [2.05, 4.69) is 26.1 Å². The normalized spacial score (nSPS) is 13.8. The smallest absolute Gasteiger partial charge is 0.243 e. The number of nitrogens with one attached hydrogen (secondary N) is 1. The third-order valence-electron chi connectivity index (χ3n) is 4.86. The summed E-state index contributed by atoms with van der Waals surface area (Å²) in [6.45, 7) is 5.62. The van der Waals surface area contributed by atoms with E-state index in [1.165, 1.54) is 0 Å². The fourth-order valence-corrected chi connectivity index (χ4v) is 3.48. The molecule has 0 radical (unpaired) electrons. The van der Waals surface area contributed by atoms with Gasteiger partial charge in [-0.2, -0.15) is 0 Å². The van der Waals surface area contributed by atoms with Gasteiger partial charge in [0.25, 0.3) is 0 Å². The molecule has 0 aliphatic carbocycles. The highest BCUT2D eigenvalue weighted by atomic mass is 79.9. The predicted molar refractivity (Wildman–Crippen MR) is 118 cm³/mol. The largest absolute Gasteiger partial charge is 0.378 e. The standard InChI is InChI=1S/C22H26BrN3O3/c1-2-25(22(28)15-17-3-5-18(23)6-4-17)16-21(27)24-19-7-9-20(10-8-19)26-11-13-29-14-12-26/h3-10H,2,11-16H2,1H3,(H,24,27). The number of hydrogen-bond donors (Lipinski definition) is 1. The molecule has 0 bridgehead atoms. The Morgan fingerprint density at radius 2 is 1.72 bits per heavy atom. The number of carbonyl (C=O) groups is 2. The Morgan fingerprint density at radius 3 is 2.34 bits per heavy atom. The van der Waals surface area contributed by atoms with E-state index in [1.54, 1.807) is 4.90 Å². The molecule has 1 heterocycles. The Bertz CT molecular complexity index is 818. The molecule has 29 heavy (non-hydrogen) atoms. The predicted octanol–water partition coefficient (Wildman–Crippen LogP) is 3.32. The van der Waals surface area contributed by atoms with Crippen LogP contribution in [0.2, 0.25) is 0 Å². The summed E-state index contributed by atoms with van der Waals surface area (Å²) >= 11 is 3.39. The first kappa shape index (κ1) is 21.3. The zero-order valence-electron chi connectivity index (χ0n) is 16.6. The van der Waals surface area contributed by atoms with Crippen molar-refractivity contribution >= 4 is 39.1 Å². The molecule has 1 aliphatic heterocycles. The van der Waals surface area contributed by atoms with Gasteiger partial charge in [-0.05, 0) is 48.9 Å². The minimum Gasteiger partial charge on any atom is -0.378 e. The minimum atomic E-state index is -0.199. The van der Waals surface area contributed by atoms with E-state index in [-0.39, 0.29) is 24.8 Å². The lowest BCUT2D eigenvalue weighted by Gasteiger charge is -2.29. The maximum atomic E-state index is 12.6.